The SMILES string of the molecule is CCn1ncc2c(N3CCCS3(O)O)cc(C(=O)N[C@@H](Cc3ccccc3)[C@@H](O)CNC(C)(C)c3cccc(C(F)(F)F)c3)cc21. The zero-order chi connectivity index (χ0) is 33.3. The maximum Gasteiger partial charge on any atom is 0.416 e. The maximum atomic E-state index is 13.9. The Balaban J connectivity index is 1.41. The Morgan fingerprint density at radius 3 is 2.41 bits per heavy atom. The molecule has 0 radical (unpaired) electrons. The summed E-state index contributed by atoms with van der Waals surface area (Å²) < 4.78 is 64.9. The van der Waals surface area contributed by atoms with Crippen LogP contribution in [0.15, 0.2) is 72.9 Å². The van der Waals surface area contributed by atoms with Gasteiger partial charge in [0.2, 0.25) is 0 Å². The molecule has 0 spiro atoms. The minimum atomic E-state index is -4.49. The van der Waals surface area contributed by atoms with Crippen molar-refractivity contribution in [2.24, 2.45) is 0 Å². The van der Waals surface area contributed by atoms with Crippen LogP contribution in [0.4, 0.5) is 18.9 Å². The van der Waals surface area contributed by atoms with E-state index in [1.54, 1.807) is 47.2 Å². The van der Waals surface area contributed by atoms with Crippen LogP contribution < -0.4 is 14.9 Å². The lowest BCUT2D eigenvalue weighted by molar-refractivity contribution is -0.137. The van der Waals surface area contributed by atoms with Crippen LogP contribution >= 0.6 is 10.8 Å². The van der Waals surface area contributed by atoms with Gasteiger partial charge in [0.25, 0.3) is 5.91 Å². The number of nitrogens with zero attached hydrogens (tertiary/aromatic N) is 3. The molecule has 2 atom stereocenters. The number of carbonyl (C=O) groups is 1. The molecule has 0 bridgehead atoms. The van der Waals surface area contributed by atoms with Gasteiger partial charge in [-0.1, -0.05) is 42.5 Å². The van der Waals surface area contributed by atoms with E-state index in [-0.39, 0.29) is 24.3 Å². The lowest BCUT2D eigenvalue weighted by Crippen LogP contribution is -2.51. The van der Waals surface area contributed by atoms with Gasteiger partial charge in [-0.2, -0.15) is 18.3 Å². The molecule has 13 heteroatoms. The van der Waals surface area contributed by atoms with Gasteiger partial charge in [0.1, 0.15) is 0 Å². The topological polar surface area (TPSA) is 123 Å². The van der Waals surface area contributed by atoms with Crippen molar-refractivity contribution in [1.82, 2.24) is 20.4 Å². The number of hydrogen-bond acceptors (Lipinski definition) is 7. The number of aromatic nitrogens is 2. The summed E-state index contributed by atoms with van der Waals surface area (Å²) in [6.45, 7) is 6.31. The van der Waals surface area contributed by atoms with E-state index in [1.165, 1.54) is 6.07 Å². The third-order valence-electron chi connectivity index (χ3n) is 8.45. The number of anilines is 1. The van der Waals surface area contributed by atoms with E-state index in [4.69, 9.17) is 0 Å². The highest BCUT2D eigenvalue weighted by atomic mass is 32.3. The molecule has 0 unspecified atom stereocenters. The van der Waals surface area contributed by atoms with Crippen LogP contribution in [-0.4, -0.2) is 60.9 Å². The molecule has 5 N–H and O–H groups in total. The standard InChI is InChI=1S/C33H40F3N5O4S/c1-4-40-28-17-23(18-29(26(28)20-38-40)41-14-9-15-46(41,44)45)31(43)39-27(16-22-10-6-5-7-11-22)30(42)21-37-32(2,3)24-12-8-13-25(19-24)33(34,35)36/h5-8,10-13,17-20,27,30,37,42,44-45H,4,9,14-16,21H2,1-3H3,(H,39,43)/t27-,30-/m0/s1. The van der Waals surface area contributed by atoms with E-state index in [0.717, 1.165) is 17.7 Å². The molecule has 0 aliphatic carbocycles. The molecule has 1 fully saturated rings. The highest BCUT2D eigenvalue weighted by Crippen LogP contribution is 2.52. The zero-order valence-corrected chi connectivity index (χ0v) is 26.8. The van der Waals surface area contributed by atoms with Gasteiger partial charge >= 0.3 is 6.18 Å². The average Bonchev–Trinajstić information content (AvgIpc) is 3.61. The molecule has 1 aliphatic heterocycles. The van der Waals surface area contributed by atoms with Crippen LogP contribution in [-0.2, 0) is 24.7 Å². The Morgan fingerprint density at radius 1 is 1.04 bits per heavy atom. The van der Waals surface area contributed by atoms with Crippen molar-refractivity contribution >= 4 is 33.3 Å². The van der Waals surface area contributed by atoms with Gasteiger partial charge in [0, 0.05) is 36.1 Å². The first-order valence-corrected chi connectivity index (χ1v) is 16.9. The van der Waals surface area contributed by atoms with E-state index in [0.29, 0.717) is 41.7 Å². The summed E-state index contributed by atoms with van der Waals surface area (Å²) >= 11 is 0. The number of hydrogen-bond donors (Lipinski definition) is 5. The van der Waals surface area contributed by atoms with Crippen molar-refractivity contribution in [3.8, 4) is 0 Å². The molecule has 1 saturated heterocycles. The molecular formula is C33H40F3N5O4S. The highest BCUT2D eigenvalue weighted by molar-refractivity contribution is 8.25. The average molecular weight is 660 g/mol. The number of fused-ring (bicyclic) bond motifs is 1. The van der Waals surface area contributed by atoms with E-state index in [2.05, 4.69) is 15.7 Å². The number of nitrogens with one attached hydrogen (secondary N) is 2. The summed E-state index contributed by atoms with van der Waals surface area (Å²) in [5.74, 6) is -0.234. The first-order chi connectivity index (χ1) is 21.7. The first kappa shape index (κ1) is 33.7. The summed E-state index contributed by atoms with van der Waals surface area (Å²) in [6.07, 6.45) is -3.07. The van der Waals surface area contributed by atoms with Gasteiger partial charge in [-0.25, -0.2) is 0 Å². The zero-order valence-electron chi connectivity index (χ0n) is 26.0. The largest absolute Gasteiger partial charge is 0.416 e. The molecule has 2 heterocycles. The van der Waals surface area contributed by atoms with Gasteiger partial charge in [-0.3, -0.25) is 22.9 Å². The fraction of sp³-hybridized carbons (Fsp3) is 0.394. The smallest absolute Gasteiger partial charge is 0.390 e. The molecule has 9 nitrogen and oxygen atoms in total. The second kappa shape index (κ2) is 13.2. The molecule has 248 valence electrons. The van der Waals surface area contributed by atoms with E-state index in [9.17, 15) is 32.2 Å². The molecule has 3 aromatic carbocycles. The number of carbonyl (C=O) groups excluding carboxylic acids is 1. The van der Waals surface area contributed by atoms with Crippen molar-refractivity contribution in [2.75, 3.05) is 23.1 Å². The normalized spacial score (nSPS) is 17.2. The molecule has 46 heavy (non-hydrogen) atoms. The van der Waals surface area contributed by atoms with Gasteiger partial charge in [0.15, 0.2) is 0 Å². The fourth-order valence-electron chi connectivity index (χ4n) is 5.78. The Labute approximate surface area is 267 Å². The van der Waals surface area contributed by atoms with Crippen molar-refractivity contribution in [2.45, 2.75) is 64.0 Å². The van der Waals surface area contributed by atoms with Gasteiger partial charge in [-0.05, 0) is 69.0 Å². The third-order valence-corrected chi connectivity index (χ3v) is 10.4. The van der Waals surface area contributed by atoms with Crippen molar-refractivity contribution in [3.63, 3.8) is 0 Å². The van der Waals surface area contributed by atoms with Crippen LogP contribution in [0, 0.1) is 0 Å². The van der Waals surface area contributed by atoms with Crippen molar-refractivity contribution < 1.29 is 32.2 Å². The van der Waals surface area contributed by atoms with Crippen LogP contribution in [0.2, 0.25) is 0 Å². The van der Waals surface area contributed by atoms with Crippen molar-refractivity contribution in [1.29, 1.82) is 0 Å². The molecule has 0 saturated carbocycles. The molecule has 1 aliphatic rings. The van der Waals surface area contributed by atoms with Crippen LogP contribution in [0.5, 0.6) is 0 Å². The van der Waals surface area contributed by atoms with Crippen LogP contribution in [0.1, 0.15) is 54.2 Å². The van der Waals surface area contributed by atoms with Gasteiger partial charge < -0.3 is 15.7 Å². The Morgan fingerprint density at radius 2 is 1.76 bits per heavy atom. The summed E-state index contributed by atoms with van der Waals surface area (Å²) in [4.78, 5) is 13.9. The Bertz CT molecular complexity index is 1680. The minimum absolute atomic E-state index is 0.0252. The van der Waals surface area contributed by atoms with Crippen molar-refractivity contribution in [3.05, 3.63) is 95.2 Å². The third kappa shape index (κ3) is 7.34. The number of rotatable bonds is 11. The summed E-state index contributed by atoms with van der Waals surface area (Å²) in [7, 11) is -3.05. The summed E-state index contributed by atoms with van der Waals surface area (Å²) in [5.41, 5.74) is 1.02. The summed E-state index contributed by atoms with van der Waals surface area (Å²) in [6, 6.07) is 17.0. The Hall–Kier alpha value is -3.62. The number of halogens is 3. The molecule has 4 aromatic rings. The Kier molecular flexibility index (Phi) is 9.71. The molecule has 5 rings (SSSR count). The van der Waals surface area contributed by atoms with E-state index >= 15 is 0 Å². The number of amides is 1. The number of aryl methyl sites for hydroxylation is 1. The quantitative estimate of drug-likeness (QED) is 0.130. The number of aliphatic hydroxyl groups is 1. The molecular weight excluding hydrogens is 619 g/mol. The van der Waals surface area contributed by atoms with Crippen LogP contribution in [0.3, 0.4) is 0 Å². The number of benzene rings is 3. The number of aliphatic hydroxyl groups excluding tert-OH is 1. The first-order valence-electron chi connectivity index (χ1n) is 15.2. The van der Waals surface area contributed by atoms with Gasteiger partial charge in [0.05, 0.1) is 40.9 Å². The second-order valence-corrected chi connectivity index (χ2v) is 14.2. The second-order valence-electron chi connectivity index (χ2n) is 12.1. The maximum absolute atomic E-state index is 13.9. The lowest BCUT2D eigenvalue weighted by Gasteiger charge is -2.38. The predicted molar refractivity (Wildman–Crippen MR) is 175 cm³/mol. The minimum Gasteiger partial charge on any atom is -0.390 e. The fourth-order valence-corrected chi connectivity index (χ4v) is 7.40. The molecule has 1 aromatic heterocycles. The highest BCUT2D eigenvalue weighted by Gasteiger charge is 2.34. The predicted octanol–water partition coefficient (Wildman–Crippen LogP) is 6.18. The summed E-state index contributed by atoms with van der Waals surface area (Å²) in [5, 5.41) is 22.7. The lowest BCUT2D eigenvalue weighted by atomic mass is 9.92. The van der Waals surface area contributed by atoms with Gasteiger partial charge in [-0.15, -0.1) is 10.8 Å². The monoisotopic (exact) mass is 659 g/mol. The molecule has 1 amide bonds. The number of alkyl halides is 3. The van der Waals surface area contributed by atoms with E-state index in [1.807, 2.05) is 37.3 Å². The van der Waals surface area contributed by atoms with Crippen LogP contribution in [0.25, 0.3) is 10.9 Å². The van der Waals surface area contributed by atoms with E-state index < -0.39 is 46.1 Å².